The van der Waals surface area contributed by atoms with Crippen LogP contribution >= 0.6 is 0 Å². The predicted octanol–water partition coefficient (Wildman–Crippen LogP) is 3.84. The molecule has 0 saturated heterocycles. The lowest BCUT2D eigenvalue weighted by Gasteiger charge is -2.31. The number of nitrogens with zero attached hydrogens (tertiary/aromatic N) is 3. The summed E-state index contributed by atoms with van der Waals surface area (Å²) in [6.45, 7) is 6.23. The van der Waals surface area contributed by atoms with Crippen LogP contribution in [-0.4, -0.2) is 26.8 Å². The summed E-state index contributed by atoms with van der Waals surface area (Å²) in [6.07, 6.45) is 5.40. The highest BCUT2D eigenvalue weighted by Gasteiger charge is 2.25. The number of carbonyl (C=O) groups is 1. The summed E-state index contributed by atoms with van der Waals surface area (Å²) in [5.41, 5.74) is 1.61. The molecule has 1 aliphatic carbocycles. The van der Waals surface area contributed by atoms with Crippen molar-refractivity contribution in [3.8, 4) is 11.4 Å². The van der Waals surface area contributed by atoms with Gasteiger partial charge in [-0.15, -0.1) is 10.2 Å². The third-order valence-corrected chi connectivity index (χ3v) is 4.76. The van der Waals surface area contributed by atoms with Crippen LogP contribution in [0.4, 0.5) is 10.5 Å². The van der Waals surface area contributed by atoms with Gasteiger partial charge in [0.1, 0.15) is 6.33 Å². The number of aromatic nitrogens is 3. The van der Waals surface area contributed by atoms with Gasteiger partial charge >= 0.3 is 6.03 Å². The minimum atomic E-state index is -0.169. The topological polar surface area (TPSA) is 71.8 Å². The Morgan fingerprint density at radius 1 is 1.25 bits per heavy atom. The molecule has 1 heterocycles. The molecule has 3 rings (SSSR count). The van der Waals surface area contributed by atoms with Gasteiger partial charge in [-0.3, -0.25) is 0 Å². The summed E-state index contributed by atoms with van der Waals surface area (Å²) in [6, 6.07) is 7.97. The van der Waals surface area contributed by atoms with Crippen LogP contribution in [0.1, 0.15) is 46.1 Å². The number of nitrogens with one attached hydrogen (secondary N) is 2. The smallest absolute Gasteiger partial charge is 0.319 e. The summed E-state index contributed by atoms with van der Waals surface area (Å²) in [5.74, 6) is 1.36. The molecule has 2 aromatic rings. The van der Waals surface area contributed by atoms with E-state index in [1.165, 1.54) is 19.3 Å². The third-order valence-electron chi connectivity index (χ3n) is 4.76. The highest BCUT2D eigenvalue weighted by Crippen LogP contribution is 2.30. The van der Waals surface area contributed by atoms with Crippen molar-refractivity contribution in [3.05, 3.63) is 30.6 Å². The van der Waals surface area contributed by atoms with E-state index in [9.17, 15) is 4.79 Å². The zero-order chi connectivity index (χ0) is 17.1. The Hall–Kier alpha value is -2.37. The number of benzene rings is 1. The fourth-order valence-electron chi connectivity index (χ4n) is 3.02. The fourth-order valence-corrected chi connectivity index (χ4v) is 3.02. The van der Waals surface area contributed by atoms with Crippen molar-refractivity contribution in [1.29, 1.82) is 0 Å². The van der Waals surface area contributed by atoms with Crippen LogP contribution in [0.2, 0.25) is 0 Å². The summed E-state index contributed by atoms with van der Waals surface area (Å²) in [4.78, 5) is 12.3. The summed E-state index contributed by atoms with van der Waals surface area (Å²) >= 11 is 0. The number of urea groups is 1. The van der Waals surface area contributed by atoms with Gasteiger partial charge in [0.05, 0.1) is 5.69 Å². The molecule has 1 aliphatic rings. The Balaban J connectivity index is 1.76. The van der Waals surface area contributed by atoms with Crippen LogP contribution in [0.25, 0.3) is 11.4 Å². The van der Waals surface area contributed by atoms with Crippen LogP contribution in [0.3, 0.4) is 0 Å². The zero-order valence-electron chi connectivity index (χ0n) is 14.5. The van der Waals surface area contributed by atoms with Gasteiger partial charge in [0, 0.05) is 17.6 Å². The molecule has 1 aromatic heterocycles. The van der Waals surface area contributed by atoms with Gasteiger partial charge in [-0.05, 0) is 51.7 Å². The highest BCUT2D eigenvalue weighted by atomic mass is 16.2. The average Bonchev–Trinajstić information content (AvgIpc) is 2.95. The summed E-state index contributed by atoms with van der Waals surface area (Å²) in [7, 11) is 0. The van der Waals surface area contributed by atoms with E-state index in [2.05, 4.69) is 41.6 Å². The first-order chi connectivity index (χ1) is 11.6. The van der Waals surface area contributed by atoms with E-state index in [1.807, 2.05) is 28.8 Å². The molecule has 1 aromatic carbocycles. The van der Waals surface area contributed by atoms with Crippen LogP contribution in [0, 0.1) is 5.92 Å². The molecule has 128 valence electrons. The van der Waals surface area contributed by atoms with E-state index < -0.39 is 0 Å². The minimum absolute atomic E-state index is 0.169. The molecule has 6 nitrogen and oxygen atoms in total. The van der Waals surface area contributed by atoms with Gasteiger partial charge in [0.2, 0.25) is 0 Å². The standard InChI is InChI=1S/C18H25N5O/c1-12(2)23-11-19-22-17(23)15-9-4-5-10-16(15)21-18(24)20-13(3)14-7-6-8-14/h4-5,9-14H,6-8H2,1-3H3,(H2,20,21,24)/t13-/m1/s1. The van der Waals surface area contributed by atoms with Crippen LogP contribution in [0.5, 0.6) is 0 Å². The number of carbonyl (C=O) groups excluding carboxylic acids is 1. The van der Waals surface area contributed by atoms with Crippen molar-refractivity contribution < 1.29 is 4.79 Å². The van der Waals surface area contributed by atoms with Crippen molar-refractivity contribution >= 4 is 11.7 Å². The lowest BCUT2D eigenvalue weighted by Crippen LogP contribution is -2.42. The molecule has 1 atom stereocenters. The number of anilines is 1. The number of para-hydroxylation sites is 1. The fraction of sp³-hybridized carbons (Fsp3) is 0.500. The molecule has 2 amide bonds. The molecule has 0 spiro atoms. The monoisotopic (exact) mass is 327 g/mol. The van der Waals surface area contributed by atoms with Gasteiger partial charge in [-0.1, -0.05) is 18.6 Å². The van der Waals surface area contributed by atoms with Gasteiger partial charge in [0.25, 0.3) is 0 Å². The Bertz CT molecular complexity index is 705. The van der Waals surface area contributed by atoms with E-state index in [4.69, 9.17) is 0 Å². The lowest BCUT2D eigenvalue weighted by molar-refractivity contribution is 0.222. The molecular weight excluding hydrogens is 302 g/mol. The van der Waals surface area contributed by atoms with Crippen LogP contribution in [-0.2, 0) is 0 Å². The molecule has 0 unspecified atom stereocenters. The number of hydrogen-bond donors (Lipinski definition) is 2. The first-order valence-corrected chi connectivity index (χ1v) is 8.62. The van der Waals surface area contributed by atoms with Gasteiger partial charge in [-0.2, -0.15) is 0 Å². The van der Waals surface area contributed by atoms with E-state index >= 15 is 0 Å². The van der Waals surface area contributed by atoms with Crippen molar-refractivity contribution in [2.75, 3.05) is 5.32 Å². The molecule has 0 bridgehead atoms. The maximum Gasteiger partial charge on any atom is 0.319 e. The lowest BCUT2D eigenvalue weighted by atomic mass is 9.80. The second kappa shape index (κ2) is 7.03. The predicted molar refractivity (Wildman–Crippen MR) is 94.8 cm³/mol. The largest absolute Gasteiger partial charge is 0.335 e. The van der Waals surface area contributed by atoms with Crippen molar-refractivity contribution in [2.24, 2.45) is 5.92 Å². The van der Waals surface area contributed by atoms with E-state index in [0.29, 0.717) is 5.92 Å². The van der Waals surface area contributed by atoms with Crippen LogP contribution in [0.15, 0.2) is 30.6 Å². The number of amides is 2. The first-order valence-electron chi connectivity index (χ1n) is 8.62. The molecular formula is C18H25N5O. The van der Waals surface area contributed by atoms with Crippen molar-refractivity contribution in [2.45, 2.75) is 52.1 Å². The summed E-state index contributed by atoms with van der Waals surface area (Å²) in [5, 5.41) is 14.3. The van der Waals surface area contributed by atoms with E-state index in [-0.39, 0.29) is 18.1 Å². The molecule has 1 fully saturated rings. The Morgan fingerprint density at radius 2 is 2.00 bits per heavy atom. The van der Waals surface area contributed by atoms with Gasteiger partial charge < -0.3 is 15.2 Å². The zero-order valence-corrected chi connectivity index (χ0v) is 14.5. The second-order valence-corrected chi connectivity index (χ2v) is 6.78. The van der Waals surface area contributed by atoms with Crippen molar-refractivity contribution in [1.82, 2.24) is 20.1 Å². The Labute approximate surface area is 142 Å². The molecule has 24 heavy (non-hydrogen) atoms. The minimum Gasteiger partial charge on any atom is -0.335 e. The Morgan fingerprint density at radius 3 is 2.67 bits per heavy atom. The van der Waals surface area contributed by atoms with Gasteiger partial charge in [0.15, 0.2) is 5.82 Å². The molecule has 1 saturated carbocycles. The van der Waals surface area contributed by atoms with E-state index in [0.717, 1.165) is 17.1 Å². The maximum absolute atomic E-state index is 12.3. The normalized spacial score (nSPS) is 15.8. The maximum atomic E-state index is 12.3. The third kappa shape index (κ3) is 3.42. The van der Waals surface area contributed by atoms with Crippen LogP contribution < -0.4 is 10.6 Å². The highest BCUT2D eigenvalue weighted by molar-refractivity contribution is 5.93. The molecule has 2 N–H and O–H groups in total. The van der Waals surface area contributed by atoms with Gasteiger partial charge in [-0.25, -0.2) is 4.79 Å². The molecule has 0 radical (unpaired) electrons. The second-order valence-electron chi connectivity index (χ2n) is 6.78. The SMILES string of the molecule is CC(C)n1cnnc1-c1ccccc1NC(=O)N[C@H](C)C1CCC1. The van der Waals surface area contributed by atoms with E-state index in [1.54, 1.807) is 6.33 Å². The molecule has 6 heteroatoms. The Kier molecular flexibility index (Phi) is 4.83. The summed E-state index contributed by atoms with van der Waals surface area (Å²) < 4.78 is 2.00. The average molecular weight is 327 g/mol. The quantitative estimate of drug-likeness (QED) is 0.876. The van der Waals surface area contributed by atoms with Crippen molar-refractivity contribution in [3.63, 3.8) is 0 Å². The molecule has 0 aliphatic heterocycles. The first kappa shape index (κ1) is 16.5. The number of rotatable bonds is 5. The number of hydrogen-bond acceptors (Lipinski definition) is 3.